The van der Waals surface area contributed by atoms with Crippen molar-refractivity contribution in [3.05, 3.63) is 65.3 Å². The van der Waals surface area contributed by atoms with Crippen molar-refractivity contribution in [1.82, 2.24) is 0 Å². The number of carbonyl (C=O) groups is 1. The molecule has 0 saturated carbocycles. The smallest absolute Gasteiger partial charge is 0.449 e. The van der Waals surface area contributed by atoms with Gasteiger partial charge in [0.2, 0.25) is 0 Å². The van der Waals surface area contributed by atoms with E-state index in [4.69, 9.17) is 5.11 Å². The van der Waals surface area contributed by atoms with Crippen LogP contribution < -0.4 is 4.74 Å². The lowest BCUT2D eigenvalue weighted by atomic mass is 9.97. The molecule has 0 fully saturated rings. The number of ether oxygens (including phenoxy) is 1. The van der Waals surface area contributed by atoms with E-state index in [1.165, 1.54) is 11.1 Å². The van der Waals surface area contributed by atoms with Crippen LogP contribution in [0.25, 0.3) is 0 Å². The third kappa shape index (κ3) is 3.85. The van der Waals surface area contributed by atoms with Gasteiger partial charge in [-0.2, -0.15) is 0 Å². The maximum Gasteiger partial charge on any atom is 0.511 e. The van der Waals surface area contributed by atoms with Gasteiger partial charge in [0.25, 0.3) is 0 Å². The van der Waals surface area contributed by atoms with E-state index in [1.807, 2.05) is 18.2 Å². The molecule has 1 aromatic carbocycles. The van der Waals surface area contributed by atoms with E-state index in [0.717, 1.165) is 18.4 Å². The summed E-state index contributed by atoms with van der Waals surface area (Å²) in [6, 6.07) is 7.14. The third-order valence-corrected chi connectivity index (χ3v) is 3.03. The van der Waals surface area contributed by atoms with Crippen LogP contribution in [-0.4, -0.2) is 11.3 Å². The van der Waals surface area contributed by atoms with Gasteiger partial charge in [0, 0.05) is 0 Å². The molecule has 2 rings (SSSR count). The number of rotatable bonds is 3. The predicted molar refractivity (Wildman–Crippen MR) is 74.4 cm³/mol. The minimum atomic E-state index is -1.29. The summed E-state index contributed by atoms with van der Waals surface area (Å²) in [7, 11) is 0. The fourth-order valence-corrected chi connectivity index (χ4v) is 2.03. The van der Waals surface area contributed by atoms with Crippen LogP contribution in [0.15, 0.2) is 59.7 Å². The lowest BCUT2D eigenvalue weighted by Gasteiger charge is -2.09. The van der Waals surface area contributed by atoms with E-state index in [2.05, 4.69) is 29.9 Å². The number of allylic oxidation sites excluding steroid dienone is 6. The summed E-state index contributed by atoms with van der Waals surface area (Å²) in [5, 5.41) is 8.51. The Balaban J connectivity index is 2.05. The van der Waals surface area contributed by atoms with Gasteiger partial charge in [-0.3, -0.25) is 0 Å². The summed E-state index contributed by atoms with van der Waals surface area (Å²) in [6.45, 7) is 2.13. The Bertz CT molecular complexity index is 548. The van der Waals surface area contributed by atoms with Gasteiger partial charge in [0.1, 0.15) is 5.75 Å². The quantitative estimate of drug-likeness (QED) is 0.653. The molecular formula is C16H16O3. The number of hydrogen-bond donors (Lipinski definition) is 1. The molecule has 0 aromatic heterocycles. The Hall–Kier alpha value is -2.29. The summed E-state index contributed by atoms with van der Waals surface area (Å²) in [5.41, 5.74) is 3.81. The van der Waals surface area contributed by atoms with Gasteiger partial charge < -0.3 is 9.84 Å². The lowest BCUT2D eigenvalue weighted by Crippen LogP contribution is -2.02. The van der Waals surface area contributed by atoms with Gasteiger partial charge in [-0.25, -0.2) is 4.79 Å². The summed E-state index contributed by atoms with van der Waals surface area (Å²) in [4.78, 5) is 10.4. The summed E-state index contributed by atoms with van der Waals surface area (Å²) < 4.78 is 4.57. The number of hydrogen-bond acceptors (Lipinski definition) is 2. The molecule has 1 aromatic rings. The molecule has 3 heteroatoms. The monoisotopic (exact) mass is 256 g/mol. The minimum Gasteiger partial charge on any atom is -0.449 e. The highest BCUT2D eigenvalue weighted by Crippen LogP contribution is 2.20. The van der Waals surface area contributed by atoms with Crippen LogP contribution in [0.5, 0.6) is 5.75 Å². The first-order valence-electron chi connectivity index (χ1n) is 6.16. The van der Waals surface area contributed by atoms with Gasteiger partial charge in [-0.05, 0) is 43.0 Å². The third-order valence-electron chi connectivity index (χ3n) is 3.03. The van der Waals surface area contributed by atoms with E-state index in [0.29, 0.717) is 5.75 Å². The standard InChI is InChI=1S/C16H16O3/c1-12(14-5-3-2-4-6-14)11-13-7-9-15(10-8-13)19-16(17)18/h2-5,7-10H,6,11H2,1H3,(H,17,18). The van der Waals surface area contributed by atoms with Crippen LogP contribution in [0.1, 0.15) is 18.9 Å². The van der Waals surface area contributed by atoms with Crippen molar-refractivity contribution >= 4 is 6.16 Å². The fourth-order valence-electron chi connectivity index (χ4n) is 2.03. The second kappa shape index (κ2) is 6.05. The highest BCUT2D eigenvalue weighted by Gasteiger charge is 2.04. The number of benzene rings is 1. The van der Waals surface area contributed by atoms with Gasteiger partial charge in [0.15, 0.2) is 0 Å². The topological polar surface area (TPSA) is 46.5 Å². The Morgan fingerprint density at radius 2 is 2.00 bits per heavy atom. The second-order valence-electron chi connectivity index (χ2n) is 4.49. The molecule has 0 spiro atoms. The van der Waals surface area contributed by atoms with Crippen molar-refractivity contribution in [2.75, 3.05) is 0 Å². The summed E-state index contributed by atoms with van der Waals surface area (Å²) in [6.07, 6.45) is 8.93. The number of carboxylic acid groups (broad SMARTS) is 1. The van der Waals surface area contributed by atoms with Crippen molar-refractivity contribution in [1.29, 1.82) is 0 Å². The average molecular weight is 256 g/mol. The van der Waals surface area contributed by atoms with Crippen LogP contribution >= 0.6 is 0 Å². The van der Waals surface area contributed by atoms with Crippen LogP contribution in [0.2, 0.25) is 0 Å². The molecular weight excluding hydrogens is 240 g/mol. The molecule has 19 heavy (non-hydrogen) atoms. The van der Waals surface area contributed by atoms with Crippen LogP contribution in [0, 0.1) is 0 Å². The normalized spacial score (nSPS) is 16.3. The Morgan fingerprint density at radius 1 is 1.26 bits per heavy atom. The molecule has 1 aliphatic carbocycles. The highest BCUT2D eigenvalue weighted by atomic mass is 16.7. The van der Waals surface area contributed by atoms with E-state index in [-0.39, 0.29) is 0 Å². The van der Waals surface area contributed by atoms with Gasteiger partial charge in [0.05, 0.1) is 0 Å². The molecule has 3 nitrogen and oxygen atoms in total. The van der Waals surface area contributed by atoms with E-state index in [1.54, 1.807) is 12.1 Å². The first-order chi connectivity index (χ1) is 9.15. The van der Waals surface area contributed by atoms with E-state index >= 15 is 0 Å². The molecule has 0 bridgehead atoms. The summed E-state index contributed by atoms with van der Waals surface area (Å²) in [5.74, 6) is 0.349. The van der Waals surface area contributed by atoms with Crippen molar-refractivity contribution in [2.45, 2.75) is 19.8 Å². The van der Waals surface area contributed by atoms with Crippen molar-refractivity contribution in [3.63, 3.8) is 0 Å². The minimum absolute atomic E-state index is 0.349. The first-order valence-corrected chi connectivity index (χ1v) is 6.16. The molecule has 1 N–H and O–H groups in total. The van der Waals surface area contributed by atoms with Crippen LogP contribution in [0.3, 0.4) is 0 Å². The van der Waals surface area contributed by atoms with Gasteiger partial charge in [-0.15, -0.1) is 0 Å². The van der Waals surface area contributed by atoms with Crippen LogP contribution in [-0.2, 0) is 6.42 Å². The predicted octanol–water partition coefficient (Wildman–Crippen LogP) is 4.12. The van der Waals surface area contributed by atoms with Crippen molar-refractivity contribution < 1.29 is 14.6 Å². The highest BCUT2D eigenvalue weighted by molar-refractivity contribution is 5.61. The maximum atomic E-state index is 10.4. The molecule has 98 valence electrons. The Labute approximate surface area is 112 Å². The molecule has 0 radical (unpaired) electrons. The van der Waals surface area contributed by atoms with Crippen molar-refractivity contribution in [3.8, 4) is 5.75 Å². The van der Waals surface area contributed by atoms with Gasteiger partial charge in [-0.1, -0.05) is 42.0 Å². The molecule has 1 aliphatic rings. The maximum absolute atomic E-state index is 10.4. The molecule has 0 unspecified atom stereocenters. The van der Waals surface area contributed by atoms with E-state index < -0.39 is 6.16 Å². The van der Waals surface area contributed by atoms with Gasteiger partial charge >= 0.3 is 6.16 Å². The van der Waals surface area contributed by atoms with Crippen molar-refractivity contribution in [2.24, 2.45) is 0 Å². The zero-order valence-corrected chi connectivity index (χ0v) is 10.8. The largest absolute Gasteiger partial charge is 0.511 e. The second-order valence-corrected chi connectivity index (χ2v) is 4.49. The fraction of sp³-hybridized carbons (Fsp3) is 0.188. The molecule has 0 amide bonds. The first kappa shape index (κ1) is 13.1. The van der Waals surface area contributed by atoms with E-state index in [9.17, 15) is 4.79 Å². The Kier molecular flexibility index (Phi) is 4.18. The zero-order valence-electron chi connectivity index (χ0n) is 10.8. The summed E-state index contributed by atoms with van der Waals surface area (Å²) >= 11 is 0. The molecule has 0 atom stereocenters. The Morgan fingerprint density at radius 3 is 2.58 bits per heavy atom. The zero-order chi connectivity index (χ0) is 13.7. The lowest BCUT2D eigenvalue weighted by molar-refractivity contribution is 0.144. The molecule has 0 aliphatic heterocycles. The molecule has 0 heterocycles. The SMILES string of the molecule is CC(Cc1ccc(OC(=O)O)cc1)=C1C=CC=CC1. The van der Waals surface area contributed by atoms with Crippen LogP contribution in [0.4, 0.5) is 4.79 Å². The average Bonchev–Trinajstić information content (AvgIpc) is 2.41. The molecule has 0 saturated heterocycles.